The molecule has 2 unspecified atom stereocenters. The van der Waals surface area contributed by atoms with Crippen molar-refractivity contribution in [3.05, 3.63) is 20.8 Å². The Morgan fingerprint density at radius 1 is 1.38 bits per heavy atom. The van der Waals surface area contributed by atoms with Crippen molar-refractivity contribution in [3.8, 4) is 0 Å². The Kier molecular flexibility index (Phi) is 4.82. The van der Waals surface area contributed by atoms with Crippen molar-refractivity contribution in [1.29, 1.82) is 0 Å². The van der Waals surface area contributed by atoms with Crippen LogP contribution in [0.4, 0.5) is 0 Å². The van der Waals surface area contributed by atoms with Gasteiger partial charge in [-0.1, -0.05) is 19.3 Å². The fourth-order valence-electron chi connectivity index (χ4n) is 2.12. The fraction of sp³-hybridized carbons (Fsp3) is 0.667. The van der Waals surface area contributed by atoms with Crippen LogP contribution in [-0.4, -0.2) is 12.1 Å². The fourth-order valence-corrected chi connectivity index (χ4v) is 3.51. The Hall–Kier alpha value is 0.100. The van der Waals surface area contributed by atoms with E-state index in [1.165, 1.54) is 24.1 Å². The summed E-state index contributed by atoms with van der Waals surface area (Å²) in [6.45, 7) is 0.691. The summed E-state index contributed by atoms with van der Waals surface area (Å²) in [5, 5.41) is 2.08. The third-order valence-corrected chi connectivity index (χ3v) is 5.02. The monoisotopic (exact) mass is 303 g/mol. The number of nitrogens with two attached hydrogens (primary N) is 1. The summed E-state index contributed by atoms with van der Waals surface area (Å²) in [6.07, 6.45) is 6.28. The summed E-state index contributed by atoms with van der Waals surface area (Å²) in [6, 6.07) is 2.29. The third-order valence-electron chi connectivity index (χ3n) is 3.12. The molecule has 1 fully saturated rings. The van der Waals surface area contributed by atoms with Gasteiger partial charge in [-0.05, 0) is 40.2 Å². The molecule has 0 aliphatic heterocycles. The number of ether oxygens (including phenoxy) is 1. The van der Waals surface area contributed by atoms with Crippen LogP contribution in [0.1, 0.15) is 37.0 Å². The molecular formula is C12H18BrNOS. The third kappa shape index (κ3) is 3.29. The van der Waals surface area contributed by atoms with Gasteiger partial charge in [0.05, 0.1) is 12.7 Å². The number of hydrogen-bond donors (Lipinski definition) is 1. The zero-order chi connectivity index (χ0) is 11.4. The molecule has 0 saturated heterocycles. The maximum Gasteiger partial charge on any atom is 0.0825 e. The first-order valence-corrected chi connectivity index (χ1v) is 7.53. The van der Waals surface area contributed by atoms with Gasteiger partial charge >= 0.3 is 0 Å². The average molecular weight is 304 g/mol. The van der Waals surface area contributed by atoms with Crippen molar-refractivity contribution < 1.29 is 4.74 Å². The molecule has 16 heavy (non-hydrogen) atoms. The zero-order valence-corrected chi connectivity index (χ0v) is 11.7. The van der Waals surface area contributed by atoms with Gasteiger partial charge in [-0.3, -0.25) is 0 Å². The molecule has 0 radical (unpaired) electrons. The van der Waals surface area contributed by atoms with E-state index >= 15 is 0 Å². The van der Waals surface area contributed by atoms with Crippen LogP contribution in [0.3, 0.4) is 0 Å². The number of thiophene rings is 1. The van der Waals surface area contributed by atoms with E-state index in [0.717, 1.165) is 17.3 Å². The van der Waals surface area contributed by atoms with Crippen molar-refractivity contribution >= 4 is 27.3 Å². The smallest absolute Gasteiger partial charge is 0.0825 e. The molecule has 0 bridgehead atoms. The van der Waals surface area contributed by atoms with E-state index in [2.05, 4.69) is 27.4 Å². The topological polar surface area (TPSA) is 35.2 Å². The van der Waals surface area contributed by atoms with E-state index < -0.39 is 0 Å². The van der Waals surface area contributed by atoms with Gasteiger partial charge in [0.25, 0.3) is 0 Å². The highest BCUT2D eigenvalue weighted by molar-refractivity contribution is 9.10. The molecule has 0 amide bonds. The van der Waals surface area contributed by atoms with Crippen LogP contribution in [-0.2, 0) is 11.3 Å². The van der Waals surface area contributed by atoms with Crippen LogP contribution >= 0.6 is 27.3 Å². The second-order valence-electron chi connectivity index (χ2n) is 4.34. The van der Waals surface area contributed by atoms with Gasteiger partial charge in [0.15, 0.2) is 0 Å². The molecule has 0 aromatic carbocycles. The summed E-state index contributed by atoms with van der Waals surface area (Å²) in [4.78, 5) is 1.26. The molecule has 2 nitrogen and oxygen atoms in total. The molecule has 1 aliphatic rings. The van der Waals surface area contributed by atoms with Gasteiger partial charge in [-0.15, -0.1) is 11.3 Å². The molecule has 1 aliphatic carbocycles. The van der Waals surface area contributed by atoms with E-state index in [-0.39, 0.29) is 12.1 Å². The summed E-state index contributed by atoms with van der Waals surface area (Å²) < 4.78 is 7.11. The van der Waals surface area contributed by atoms with Crippen molar-refractivity contribution in [2.24, 2.45) is 5.73 Å². The number of hydrogen-bond acceptors (Lipinski definition) is 3. The van der Waals surface area contributed by atoms with E-state index in [1.807, 2.05) is 0 Å². The van der Waals surface area contributed by atoms with E-state index in [0.29, 0.717) is 6.61 Å². The van der Waals surface area contributed by atoms with Crippen LogP contribution in [0.25, 0.3) is 0 Å². The van der Waals surface area contributed by atoms with Crippen molar-refractivity contribution in [1.82, 2.24) is 0 Å². The lowest BCUT2D eigenvalue weighted by atomic mass is 10.1. The van der Waals surface area contributed by atoms with E-state index in [4.69, 9.17) is 10.5 Å². The van der Waals surface area contributed by atoms with Crippen molar-refractivity contribution in [2.75, 3.05) is 0 Å². The molecule has 1 aromatic rings. The van der Waals surface area contributed by atoms with Gasteiger partial charge in [0.1, 0.15) is 0 Å². The first-order chi connectivity index (χ1) is 7.77. The predicted octanol–water partition coefficient (Wildman–Crippen LogP) is 3.69. The first-order valence-electron chi connectivity index (χ1n) is 5.86. The van der Waals surface area contributed by atoms with Crippen LogP contribution in [0, 0.1) is 0 Å². The molecule has 0 spiro atoms. The summed E-state index contributed by atoms with van der Waals surface area (Å²) in [7, 11) is 0. The molecular weight excluding hydrogens is 286 g/mol. The highest BCUT2D eigenvalue weighted by Crippen LogP contribution is 2.26. The molecule has 90 valence electrons. The van der Waals surface area contributed by atoms with Crippen LogP contribution in [0.15, 0.2) is 15.9 Å². The second-order valence-corrected chi connectivity index (χ2v) is 6.20. The molecule has 2 atom stereocenters. The minimum absolute atomic E-state index is 0.223. The van der Waals surface area contributed by atoms with Gasteiger partial charge in [0, 0.05) is 15.4 Å². The molecule has 4 heteroatoms. The summed E-state index contributed by atoms with van der Waals surface area (Å²) in [5.41, 5.74) is 6.12. The van der Waals surface area contributed by atoms with Gasteiger partial charge in [-0.2, -0.15) is 0 Å². The van der Waals surface area contributed by atoms with Crippen molar-refractivity contribution in [3.63, 3.8) is 0 Å². The Bertz CT molecular complexity index is 329. The maximum atomic E-state index is 6.12. The number of rotatable bonds is 3. The maximum absolute atomic E-state index is 6.12. The van der Waals surface area contributed by atoms with Crippen LogP contribution < -0.4 is 5.73 Å². The highest BCUT2D eigenvalue weighted by atomic mass is 79.9. The lowest BCUT2D eigenvalue weighted by Gasteiger charge is -2.21. The van der Waals surface area contributed by atoms with Gasteiger partial charge in [0.2, 0.25) is 0 Å². The highest BCUT2D eigenvalue weighted by Gasteiger charge is 2.21. The summed E-state index contributed by atoms with van der Waals surface area (Å²) >= 11 is 5.25. The molecule has 2 rings (SSSR count). The lowest BCUT2D eigenvalue weighted by Crippen LogP contribution is -2.35. The van der Waals surface area contributed by atoms with Crippen LogP contribution in [0.5, 0.6) is 0 Å². The Balaban J connectivity index is 1.86. The summed E-state index contributed by atoms with van der Waals surface area (Å²) in [5.74, 6) is 0. The van der Waals surface area contributed by atoms with Gasteiger partial charge < -0.3 is 10.5 Å². The Morgan fingerprint density at radius 3 is 2.94 bits per heavy atom. The molecule has 1 heterocycles. The minimum atomic E-state index is 0.223. The minimum Gasteiger partial charge on any atom is -0.371 e. The predicted molar refractivity (Wildman–Crippen MR) is 71.7 cm³/mol. The van der Waals surface area contributed by atoms with E-state index in [9.17, 15) is 0 Å². The van der Waals surface area contributed by atoms with Gasteiger partial charge in [-0.25, -0.2) is 0 Å². The molecule has 2 N–H and O–H groups in total. The van der Waals surface area contributed by atoms with E-state index in [1.54, 1.807) is 11.3 Å². The molecule has 1 aromatic heterocycles. The lowest BCUT2D eigenvalue weighted by molar-refractivity contribution is 0.0206. The first kappa shape index (κ1) is 12.6. The second kappa shape index (κ2) is 6.15. The standard InChI is InChI=1S/C12H18BrNOS/c13-9-6-7-16-12(9)8-15-11-5-3-1-2-4-10(11)14/h6-7,10-11H,1-5,8,14H2. The molecule has 1 saturated carbocycles. The largest absolute Gasteiger partial charge is 0.371 e. The SMILES string of the molecule is NC1CCCCCC1OCc1sccc1Br. The normalized spacial score (nSPS) is 26.6. The zero-order valence-electron chi connectivity index (χ0n) is 9.32. The Morgan fingerprint density at radius 2 is 2.19 bits per heavy atom. The quantitative estimate of drug-likeness (QED) is 0.864. The van der Waals surface area contributed by atoms with Crippen molar-refractivity contribution in [2.45, 2.75) is 50.9 Å². The Labute approximate surface area is 109 Å². The van der Waals surface area contributed by atoms with Crippen LogP contribution in [0.2, 0.25) is 0 Å². The number of halogens is 1. The average Bonchev–Trinajstić information content (AvgIpc) is 2.56.